The van der Waals surface area contributed by atoms with E-state index in [1.165, 1.54) is 50.6 Å². The topological polar surface area (TPSA) is 75.7 Å². The second kappa shape index (κ2) is 9.44. The molecule has 0 radical (unpaired) electrons. The first-order valence-corrected chi connectivity index (χ1v) is 12.7. The molecule has 0 spiro atoms. The molecule has 0 saturated heterocycles. The van der Waals surface area contributed by atoms with Crippen molar-refractivity contribution >= 4 is 33.4 Å². The van der Waals surface area contributed by atoms with E-state index in [0.717, 1.165) is 20.5 Å². The number of thioether (sulfide) groups is 1. The SMILES string of the molecule is COc1ccccc1N(C)S(=O)(=O)c1ccc(C(=O)NC2CCSc3ccc(F)cc32)cc1. The minimum absolute atomic E-state index is 0.0499. The predicted octanol–water partition coefficient (Wildman–Crippen LogP) is 4.63. The Labute approximate surface area is 196 Å². The summed E-state index contributed by atoms with van der Waals surface area (Å²) in [7, 11) is -0.935. The molecule has 0 bridgehead atoms. The van der Waals surface area contributed by atoms with E-state index in [4.69, 9.17) is 4.74 Å². The maximum Gasteiger partial charge on any atom is 0.264 e. The molecule has 1 N–H and O–H groups in total. The van der Waals surface area contributed by atoms with Gasteiger partial charge in [0.1, 0.15) is 11.6 Å². The van der Waals surface area contributed by atoms with E-state index >= 15 is 0 Å². The van der Waals surface area contributed by atoms with Gasteiger partial charge in [0.25, 0.3) is 15.9 Å². The average molecular weight is 487 g/mol. The molecule has 0 aliphatic carbocycles. The van der Waals surface area contributed by atoms with Crippen LogP contribution in [0.2, 0.25) is 0 Å². The third-order valence-corrected chi connectivity index (χ3v) is 8.42. The van der Waals surface area contributed by atoms with Gasteiger partial charge >= 0.3 is 0 Å². The summed E-state index contributed by atoms with van der Waals surface area (Å²) >= 11 is 1.63. The summed E-state index contributed by atoms with van der Waals surface area (Å²) in [5, 5.41) is 2.95. The number of carbonyl (C=O) groups is 1. The first-order valence-electron chi connectivity index (χ1n) is 10.3. The van der Waals surface area contributed by atoms with Crippen molar-refractivity contribution in [1.82, 2.24) is 5.32 Å². The number of anilines is 1. The number of halogens is 1. The number of methoxy groups -OCH3 is 1. The van der Waals surface area contributed by atoms with Crippen LogP contribution in [0.15, 0.2) is 76.5 Å². The molecule has 33 heavy (non-hydrogen) atoms. The molecule has 0 fully saturated rings. The molecule has 3 aromatic carbocycles. The number of nitrogens with one attached hydrogen (secondary N) is 1. The molecular formula is C24H23FN2O4S2. The minimum Gasteiger partial charge on any atom is -0.495 e. The molecule has 1 amide bonds. The van der Waals surface area contributed by atoms with E-state index < -0.39 is 10.0 Å². The number of rotatable bonds is 6. The Morgan fingerprint density at radius 3 is 2.58 bits per heavy atom. The Morgan fingerprint density at radius 1 is 1.12 bits per heavy atom. The van der Waals surface area contributed by atoms with E-state index in [9.17, 15) is 17.6 Å². The lowest BCUT2D eigenvalue weighted by molar-refractivity contribution is 0.0934. The van der Waals surface area contributed by atoms with E-state index in [1.807, 2.05) is 0 Å². The van der Waals surface area contributed by atoms with Crippen molar-refractivity contribution in [2.75, 3.05) is 24.2 Å². The number of amides is 1. The summed E-state index contributed by atoms with van der Waals surface area (Å²) in [6.07, 6.45) is 0.684. The quantitative estimate of drug-likeness (QED) is 0.550. The molecule has 1 aliphatic heterocycles. The van der Waals surface area contributed by atoms with Crippen molar-refractivity contribution in [3.63, 3.8) is 0 Å². The van der Waals surface area contributed by atoms with Crippen LogP contribution in [-0.2, 0) is 10.0 Å². The zero-order chi connectivity index (χ0) is 23.6. The summed E-state index contributed by atoms with van der Waals surface area (Å²) in [6.45, 7) is 0. The van der Waals surface area contributed by atoms with Gasteiger partial charge in [-0.2, -0.15) is 0 Å². The van der Waals surface area contributed by atoms with Gasteiger partial charge < -0.3 is 10.1 Å². The van der Waals surface area contributed by atoms with Gasteiger partial charge in [0.05, 0.1) is 23.7 Å². The van der Waals surface area contributed by atoms with Gasteiger partial charge in [0, 0.05) is 23.3 Å². The molecule has 3 aromatic rings. The van der Waals surface area contributed by atoms with Crippen LogP contribution in [0.25, 0.3) is 0 Å². The van der Waals surface area contributed by atoms with Crippen molar-refractivity contribution in [3.8, 4) is 5.75 Å². The number of carbonyl (C=O) groups excluding carboxylic acids is 1. The molecule has 1 unspecified atom stereocenters. The Bertz CT molecular complexity index is 1280. The zero-order valence-electron chi connectivity index (χ0n) is 18.1. The lowest BCUT2D eigenvalue weighted by Crippen LogP contribution is -2.31. The first kappa shape index (κ1) is 23.1. The highest BCUT2D eigenvalue weighted by Gasteiger charge is 2.26. The van der Waals surface area contributed by atoms with E-state index in [1.54, 1.807) is 42.1 Å². The number of ether oxygens (including phenoxy) is 1. The summed E-state index contributed by atoms with van der Waals surface area (Å²) in [5.41, 5.74) is 1.49. The number of nitrogens with zero attached hydrogens (tertiary/aromatic N) is 1. The number of hydrogen-bond donors (Lipinski definition) is 1. The fraction of sp³-hybridized carbons (Fsp3) is 0.208. The molecule has 6 nitrogen and oxygen atoms in total. The maximum absolute atomic E-state index is 13.7. The second-order valence-electron chi connectivity index (χ2n) is 7.51. The molecule has 172 valence electrons. The Hall–Kier alpha value is -3.04. The molecular weight excluding hydrogens is 463 g/mol. The van der Waals surface area contributed by atoms with E-state index in [-0.39, 0.29) is 22.7 Å². The molecule has 0 saturated carbocycles. The molecule has 1 heterocycles. The highest BCUT2D eigenvalue weighted by atomic mass is 32.2. The van der Waals surface area contributed by atoms with Gasteiger partial charge in [-0.1, -0.05) is 12.1 Å². The highest BCUT2D eigenvalue weighted by Crippen LogP contribution is 2.36. The summed E-state index contributed by atoms with van der Waals surface area (Å²) in [6, 6.07) is 16.9. The van der Waals surface area contributed by atoms with Crippen molar-refractivity contribution < 1.29 is 22.3 Å². The lowest BCUT2D eigenvalue weighted by Gasteiger charge is -2.26. The van der Waals surface area contributed by atoms with Crippen LogP contribution in [0.3, 0.4) is 0 Å². The van der Waals surface area contributed by atoms with Gasteiger partial charge in [-0.3, -0.25) is 9.10 Å². The van der Waals surface area contributed by atoms with Crippen molar-refractivity contribution in [2.45, 2.75) is 22.3 Å². The number of hydrogen-bond acceptors (Lipinski definition) is 5. The molecule has 0 aromatic heterocycles. The monoisotopic (exact) mass is 486 g/mol. The summed E-state index contributed by atoms with van der Waals surface area (Å²) < 4.78 is 46.3. The minimum atomic E-state index is -3.86. The lowest BCUT2D eigenvalue weighted by atomic mass is 10.0. The number of sulfonamides is 1. The zero-order valence-corrected chi connectivity index (χ0v) is 19.8. The van der Waals surface area contributed by atoms with Crippen LogP contribution in [-0.4, -0.2) is 34.2 Å². The van der Waals surface area contributed by atoms with Crippen LogP contribution in [0, 0.1) is 5.82 Å². The summed E-state index contributed by atoms with van der Waals surface area (Å²) in [5.74, 6) is 0.561. The third kappa shape index (κ3) is 4.69. The Kier molecular flexibility index (Phi) is 6.62. The highest BCUT2D eigenvalue weighted by molar-refractivity contribution is 7.99. The maximum atomic E-state index is 13.7. The standard InChI is InChI=1S/C24H23FN2O4S2/c1-27(21-5-3-4-6-22(21)31-2)33(29,30)18-10-7-16(8-11-18)24(28)26-20-13-14-32-23-12-9-17(25)15-19(20)23/h3-12,15,20H,13-14H2,1-2H3,(H,26,28). The molecule has 1 aliphatic rings. The van der Waals surface area contributed by atoms with Crippen LogP contribution in [0.1, 0.15) is 28.4 Å². The number of para-hydroxylation sites is 2. The Balaban J connectivity index is 1.53. The van der Waals surface area contributed by atoms with Gasteiger partial charge in [-0.15, -0.1) is 11.8 Å². The van der Waals surface area contributed by atoms with Gasteiger partial charge in [0.2, 0.25) is 0 Å². The molecule has 9 heteroatoms. The third-order valence-electron chi connectivity index (χ3n) is 5.52. The van der Waals surface area contributed by atoms with Gasteiger partial charge in [0.15, 0.2) is 0 Å². The van der Waals surface area contributed by atoms with Crippen LogP contribution < -0.4 is 14.4 Å². The second-order valence-corrected chi connectivity index (χ2v) is 10.6. The van der Waals surface area contributed by atoms with Crippen molar-refractivity contribution in [1.29, 1.82) is 0 Å². The normalized spacial score (nSPS) is 15.4. The van der Waals surface area contributed by atoms with E-state index in [2.05, 4.69) is 5.32 Å². The van der Waals surface area contributed by atoms with Crippen LogP contribution >= 0.6 is 11.8 Å². The number of benzene rings is 3. The molecule has 1 atom stereocenters. The largest absolute Gasteiger partial charge is 0.495 e. The fourth-order valence-corrected chi connectivity index (χ4v) is 6.02. The fourth-order valence-electron chi connectivity index (χ4n) is 3.71. The number of fused-ring (bicyclic) bond motifs is 1. The summed E-state index contributed by atoms with van der Waals surface area (Å²) in [4.78, 5) is 13.8. The first-order chi connectivity index (χ1) is 15.8. The average Bonchev–Trinajstić information content (AvgIpc) is 2.84. The van der Waals surface area contributed by atoms with Crippen LogP contribution in [0.4, 0.5) is 10.1 Å². The van der Waals surface area contributed by atoms with Gasteiger partial charge in [-0.25, -0.2) is 12.8 Å². The Morgan fingerprint density at radius 2 is 1.85 bits per heavy atom. The van der Waals surface area contributed by atoms with Crippen molar-refractivity contribution in [3.05, 3.63) is 83.7 Å². The molecule has 4 rings (SSSR count). The van der Waals surface area contributed by atoms with Crippen molar-refractivity contribution in [2.24, 2.45) is 0 Å². The predicted molar refractivity (Wildman–Crippen MR) is 127 cm³/mol. The van der Waals surface area contributed by atoms with Gasteiger partial charge in [-0.05, 0) is 66.6 Å². The van der Waals surface area contributed by atoms with Crippen LogP contribution in [0.5, 0.6) is 5.75 Å². The van der Waals surface area contributed by atoms with E-state index in [0.29, 0.717) is 23.4 Å². The smallest absolute Gasteiger partial charge is 0.264 e.